The first-order chi connectivity index (χ1) is 14.6. The topological polar surface area (TPSA) is 95.6 Å². The number of nitrogens with zero attached hydrogens (tertiary/aromatic N) is 4. The number of benzene rings is 1. The van der Waals surface area contributed by atoms with E-state index in [4.69, 9.17) is 0 Å². The molecule has 0 unspecified atom stereocenters. The molecule has 0 fully saturated rings. The molecule has 4 rings (SSSR count). The van der Waals surface area contributed by atoms with Gasteiger partial charge in [0.1, 0.15) is 17.3 Å². The number of anilines is 2. The number of nitriles is 1. The van der Waals surface area contributed by atoms with Crippen molar-refractivity contribution >= 4 is 22.7 Å². The highest BCUT2D eigenvalue weighted by Crippen LogP contribution is 2.24. The molecule has 2 N–H and O–H groups in total. The fourth-order valence-corrected chi connectivity index (χ4v) is 4.12. The summed E-state index contributed by atoms with van der Waals surface area (Å²) in [6.45, 7) is 5.96. The molecule has 0 bridgehead atoms. The lowest BCUT2D eigenvalue weighted by molar-refractivity contribution is 0.469. The summed E-state index contributed by atoms with van der Waals surface area (Å²) in [7, 11) is 0. The van der Waals surface area contributed by atoms with Crippen LogP contribution in [0.5, 0.6) is 0 Å². The normalized spacial score (nSPS) is 13.7. The summed E-state index contributed by atoms with van der Waals surface area (Å²) in [6, 6.07) is 9.90. The Morgan fingerprint density at radius 3 is 2.87 bits per heavy atom. The van der Waals surface area contributed by atoms with Crippen LogP contribution in [0.4, 0.5) is 11.6 Å². The van der Waals surface area contributed by atoms with Crippen LogP contribution in [0.25, 0.3) is 11.0 Å². The second-order valence-corrected chi connectivity index (χ2v) is 7.68. The Balaban J connectivity index is 1.76. The molecule has 0 saturated carbocycles. The summed E-state index contributed by atoms with van der Waals surface area (Å²) in [4.78, 5) is 22.0. The first kappa shape index (κ1) is 20.0. The molecule has 0 saturated heterocycles. The molecule has 1 aliphatic rings. The molecule has 7 heteroatoms. The van der Waals surface area contributed by atoms with Crippen molar-refractivity contribution in [3.05, 3.63) is 57.5 Å². The number of fused-ring (bicyclic) bond motifs is 2. The average Bonchev–Trinajstić information content (AvgIpc) is 3.01. The Morgan fingerprint density at radius 2 is 2.10 bits per heavy atom. The summed E-state index contributed by atoms with van der Waals surface area (Å²) < 4.78 is 1.65. The Kier molecular flexibility index (Phi) is 5.77. The van der Waals surface area contributed by atoms with Crippen LogP contribution < -0.4 is 16.2 Å². The maximum absolute atomic E-state index is 12.9. The van der Waals surface area contributed by atoms with Crippen molar-refractivity contribution in [1.82, 2.24) is 19.9 Å². The largest absolute Gasteiger partial charge is 0.324 e. The summed E-state index contributed by atoms with van der Waals surface area (Å²) in [5.41, 5.74) is 3.96. The van der Waals surface area contributed by atoms with Crippen LogP contribution in [0.15, 0.2) is 35.3 Å². The van der Waals surface area contributed by atoms with Gasteiger partial charge in [0.05, 0.1) is 0 Å². The van der Waals surface area contributed by atoms with Gasteiger partial charge < -0.3 is 10.6 Å². The van der Waals surface area contributed by atoms with Gasteiger partial charge in [-0.25, -0.2) is 4.98 Å². The highest BCUT2D eigenvalue weighted by Gasteiger charge is 2.17. The number of pyridine rings is 1. The van der Waals surface area contributed by atoms with E-state index in [1.54, 1.807) is 16.8 Å². The van der Waals surface area contributed by atoms with E-state index < -0.39 is 0 Å². The zero-order chi connectivity index (χ0) is 21.1. The highest BCUT2D eigenvalue weighted by molar-refractivity contribution is 5.77. The Hall–Kier alpha value is -3.24. The predicted octanol–water partition coefficient (Wildman–Crippen LogP) is 3.80. The molecule has 30 heavy (non-hydrogen) atoms. The standard InChI is InChI=1S/C23H26N6O/c1-3-20(4-2)29-21-18(10-16(12-24)22(29)30)14-26-23(28-21)27-19-8-7-15-6-5-9-25-13-17(15)11-19/h7-8,10-11,14,20,25H,3-6,9,13H2,1-2H3,(H,26,27,28). The zero-order valence-corrected chi connectivity index (χ0v) is 17.4. The molecular formula is C23H26N6O. The van der Waals surface area contributed by atoms with E-state index in [0.29, 0.717) is 17.0 Å². The minimum Gasteiger partial charge on any atom is -0.324 e. The molecule has 1 aromatic carbocycles. The molecule has 0 aliphatic carbocycles. The molecule has 0 radical (unpaired) electrons. The lowest BCUT2D eigenvalue weighted by Crippen LogP contribution is -2.27. The van der Waals surface area contributed by atoms with Crippen LogP contribution in [-0.2, 0) is 13.0 Å². The molecule has 3 heterocycles. The number of rotatable bonds is 5. The number of aryl methyl sites for hydroxylation is 1. The molecule has 0 atom stereocenters. The van der Waals surface area contributed by atoms with Gasteiger partial charge in [-0.1, -0.05) is 19.9 Å². The van der Waals surface area contributed by atoms with Crippen molar-refractivity contribution in [2.75, 3.05) is 11.9 Å². The summed E-state index contributed by atoms with van der Waals surface area (Å²) in [5, 5.41) is 16.8. The Bertz CT molecular complexity index is 1170. The molecular weight excluding hydrogens is 376 g/mol. The molecule has 3 aromatic rings. The van der Waals surface area contributed by atoms with Gasteiger partial charge in [-0.3, -0.25) is 9.36 Å². The maximum Gasteiger partial charge on any atom is 0.270 e. The van der Waals surface area contributed by atoms with Gasteiger partial charge >= 0.3 is 0 Å². The monoisotopic (exact) mass is 402 g/mol. The van der Waals surface area contributed by atoms with Crippen LogP contribution in [0.1, 0.15) is 55.8 Å². The summed E-state index contributed by atoms with van der Waals surface area (Å²) >= 11 is 0. The van der Waals surface area contributed by atoms with Crippen molar-refractivity contribution < 1.29 is 0 Å². The zero-order valence-electron chi connectivity index (χ0n) is 17.4. The summed E-state index contributed by atoms with van der Waals surface area (Å²) in [5.74, 6) is 0.438. The third kappa shape index (κ3) is 3.79. The van der Waals surface area contributed by atoms with E-state index >= 15 is 0 Å². The Labute approximate surface area is 175 Å². The number of hydrogen-bond acceptors (Lipinski definition) is 6. The van der Waals surface area contributed by atoms with Gasteiger partial charge in [0, 0.05) is 29.9 Å². The molecule has 0 spiro atoms. The Morgan fingerprint density at radius 1 is 1.27 bits per heavy atom. The number of nitrogens with one attached hydrogen (secondary N) is 2. The van der Waals surface area contributed by atoms with Gasteiger partial charge in [-0.05, 0) is 61.6 Å². The van der Waals surface area contributed by atoms with E-state index in [2.05, 4.69) is 32.7 Å². The third-order valence-electron chi connectivity index (χ3n) is 5.78. The van der Waals surface area contributed by atoms with Gasteiger partial charge in [0.2, 0.25) is 5.95 Å². The lowest BCUT2D eigenvalue weighted by Gasteiger charge is -2.19. The van der Waals surface area contributed by atoms with E-state index in [1.165, 1.54) is 11.1 Å². The first-order valence-corrected chi connectivity index (χ1v) is 10.6. The average molecular weight is 403 g/mol. The summed E-state index contributed by atoms with van der Waals surface area (Å²) in [6.07, 6.45) is 5.47. The second kappa shape index (κ2) is 8.64. The van der Waals surface area contributed by atoms with Crippen molar-refractivity contribution in [2.24, 2.45) is 0 Å². The second-order valence-electron chi connectivity index (χ2n) is 7.68. The lowest BCUT2D eigenvalue weighted by atomic mass is 10.0. The van der Waals surface area contributed by atoms with E-state index in [0.717, 1.165) is 44.5 Å². The fraction of sp³-hybridized carbons (Fsp3) is 0.391. The quantitative estimate of drug-likeness (QED) is 0.674. The number of hydrogen-bond donors (Lipinski definition) is 2. The minimum absolute atomic E-state index is 0.0189. The predicted molar refractivity (Wildman–Crippen MR) is 118 cm³/mol. The van der Waals surface area contributed by atoms with E-state index in [9.17, 15) is 10.1 Å². The maximum atomic E-state index is 12.9. The van der Waals surface area contributed by atoms with Gasteiger partial charge in [-0.15, -0.1) is 0 Å². The number of aromatic nitrogens is 3. The van der Waals surface area contributed by atoms with Crippen molar-refractivity contribution in [1.29, 1.82) is 5.26 Å². The SMILES string of the molecule is CCC(CC)n1c(=O)c(C#N)cc2cnc(Nc3ccc4c(c3)CNCCC4)nc21. The smallest absolute Gasteiger partial charge is 0.270 e. The van der Waals surface area contributed by atoms with Gasteiger partial charge in [-0.2, -0.15) is 10.2 Å². The van der Waals surface area contributed by atoms with Crippen LogP contribution in [0.3, 0.4) is 0 Å². The van der Waals surface area contributed by atoms with E-state index in [1.807, 2.05) is 26.0 Å². The van der Waals surface area contributed by atoms with Gasteiger partial charge in [0.25, 0.3) is 5.56 Å². The molecule has 154 valence electrons. The molecule has 7 nitrogen and oxygen atoms in total. The first-order valence-electron chi connectivity index (χ1n) is 10.6. The van der Waals surface area contributed by atoms with Crippen LogP contribution in [0.2, 0.25) is 0 Å². The minimum atomic E-state index is -0.292. The van der Waals surface area contributed by atoms with Crippen LogP contribution >= 0.6 is 0 Å². The molecule has 0 amide bonds. The van der Waals surface area contributed by atoms with Crippen LogP contribution in [0, 0.1) is 11.3 Å². The van der Waals surface area contributed by atoms with Crippen molar-refractivity contribution in [2.45, 2.75) is 52.1 Å². The fourth-order valence-electron chi connectivity index (χ4n) is 4.12. The van der Waals surface area contributed by atoms with Gasteiger partial charge in [0.15, 0.2) is 0 Å². The molecule has 2 aromatic heterocycles. The van der Waals surface area contributed by atoms with Crippen LogP contribution in [-0.4, -0.2) is 21.1 Å². The third-order valence-corrected chi connectivity index (χ3v) is 5.78. The van der Waals surface area contributed by atoms with Crippen molar-refractivity contribution in [3.63, 3.8) is 0 Å². The van der Waals surface area contributed by atoms with E-state index in [-0.39, 0.29) is 17.2 Å². The highest BCUT2D eigenvalue weighted by atomic mass is 16.1. The molecule has 1 aliphatic heterocycles. The van der Waals surface area contributed by atoms with Crippen molar-refractivity contribution in [3.8, 4) is 6.07 Å².